The predicted molar refractivity (Wildman–Crippen MR) is 45.4 cm³/mol. The summed E-state index contributed by atoms with van der Waals surface area (Å²) in [6.07, 6.45) is 3.22. The molecule has 0 unspecified atom stereocenters. The second kappa shape index (κ2) is 3.12. The van der Waals surface area contributed by atoms with Crippen molar-refractivity contribution in [2.24, 2.45) is 0 Å². The maximum absolute atomic E-state index is 9.29. The molecule has 3 heterocycles. The highest BCUT2D eigenvalue weighted by Gasteiger charge is 2.20. The number of nitrogens with zero attached hydrogens (tertiary/aromatic N) is 8. The van der Waals surface area contributed by atoms with Gasteiger partial charge in [-0.1, -0.05) is 4.85 Å². The molecule has 0 aliphatic rings. The van der Waals surface area contributed by atoms with Gasteiger partial charge in [-0.3, -0.25) is 0 Å². The smallest absolute Gasteiger partial charge is 0.248 e. The fourth-order valence-corrected chi connectivity index (χ4v) is 1.19. The average Bonchev–Trinajstić information content (AvgIpc) is 2.95. The van der Waals surface area contributed by atoms with Crippen LogP contribution in [0.25, 0.3) is 17.3 Å². The first kappa shape index (κ1) is 8.52. The monoisotopic (exact) mass is 220 g/mol. The Bertz CT molecular complexity index is 596. The van der Waals surface area contributed by atoms with Crippen LogP contribution in [0.15, 0.2) is 23.1 Å². The van der Waals surface area contributed by atoms with Crippen molar-refractivity contribution in [3.63, 3.8) is 0 Å². The second-order valence-corrected chi connectivity index (χ2v) is 2.78. The van der Waals surface area contributed by atoms with Gasteiger partial charge in [0.05, 0.1) is 0 Å². The molecule has 16 heavy (non-hydrogen) atoms. The minimum atomic E-state index is 0.0201. The quantitative estimate of drug-likeness (QED) is 0.554. The largest absolute Gasteiger partial charge is 0.409 e. The number of aromatic nitrogens is 8. The van der Waals surface area contributed by atoms with Crippen LogP contribution in [-0.4, -0.2) is 45.7 Å². The molecule has 80 valence electrons. The van der Waals surface area contributed by atoms with E-state index < -0.39 is 0 Å². The average molecular weight is 220 g/mol. The lowest BCUT2D eigenvalue weighted by molar-refractivity contribution is 0.146. The Morgan fingerprint density at radius 2 is 2.25 bits per heavy atom. The van der Waals surface area contributed by atoms with E-state index in [2.05, 4.69) is 35.6 Å². The van der Waals surface area contributed by atoms with Gasteiger partial charge in [0.25, 0.3) is 0 Å². The Morgan fingerprint density at radius 1 is 1.31 bits per heavy atom. The summed E-state index contributed by atoms with van der Waals surface area (Å²) in [5.74, 6) is 0.307. The van der Waals surface area contributed by atoms with Gasteiger partial charge in [-0.05, 0) is 26.8 Å². The third-order valence-electron chi connectivity index (χ3n) is 1.86. The van der Waals surface area contributed by atoms with Gasteiger partial charge in [-0.15, -0.1) is 5.10 Å². The van der Waals surface area contributed by atoms with Crippen molar-refractivity contribution in [1.29, 1.82) is 0 Å². The fourth-order valence-electron chi connectivity index (χ4n) is 1.19. The molecule has 0 saturated heterocycles. The molecule has 10 heteroatoms. The Morgan fingerprint density at radius 3 is 2.94 bits per heavy atom. The Hall–Kier alpha value is -2.78. The van der Waals surface area contributed by atoms with E-state index in [0.29, 0.717) is 4.85 Å². The van der Waals surface area contributed by atoms with E-state index in [9.17, 15) is 5.21 Å². The molecular formula is C6H4N8O2. The van der Waals surface area contributed by atoms with Crippen LogP contribution in [0.2, 0.25) is 0 Å². The maximum Gasteiger partial charge on any atom is 0.248 e. The molecule has 0 saturated carbocycles. The molecule has 10 nitrogen and oxygen atoms in total. The number of rotatable bonds is 2. The standard InChI is InChI=1S/C6H4N8O2/c15-14-5(8-11-12-14)4-6(10-16-9-4)13-3-1-2-7-13/h1-3,15H. The van der Waals surface area contributed by atoms with Gasteiger partial charge in [-0.2, -0.15) is 5.10 Å². The van der Waals surface area contributed by atoms with Gasteiger partial charge in [0.1, 0.15) is 0 Å². The Balaban J connectivity index is 2.17. The van der Waals surface area contributed by atoms with Crippen molar-refractivity contribution in [2.45, 2.75) is 0 Å². The molecule has 1 N–H and O–H groups in total. The van der Waals surface area contributed by atoms with E-state index in [1.807, 2.05) is 0 Å². The lowest BCUT2D eigenvalue weighted by atomic mass is 10.4. The van der Waals surface area contributed by atoms with Crippen molar-refractivity contribution in [2.75, 3.05) is 0 Å². The SMILES string of the molecule is On1nnnc1-c1nonc1-n1cccn1. The van der Waals surface area contributed by atoms with Gasteiger partial charge < -0.3 is 5.21 Å². The van der Waals surface area contributed by atoms with Crippen molar-refractivity contribution < 1.29 is 9.84 Å². The first-order valence-electron chi connectivity index (χ1n) is 4.17. The number of tetrazole rings is 1. The van der Waals surface area contributed by atoms with E-state index in [1.54, 1.807) is 18.5 Å². The van der Waals surface area contributed by atoms with Crippen molar-refractivity contribution in [3.8, 4) is 17.3 Å². The second-order valence-electron chi connectivity index (χ2n) is 2.78. The zero-order chi connectivity index (χ0) is 11.0. The zero-order valence-electron chi connectivity index (χ0n) is 7.67. The van der Waals surface area contributed by atoms with Crippen LogP contribution >= 0.6 is 0 Å². The minimum Gasteiger partial charge on any atom is -0.409 e. The van der Waals surface area contributed by atoms with Gasteiger partial charge in [0.2, 0.25) is 17.3 Å². The third kappa shape index (κ3) is 1.13. The van der Waals surface area contributed by atoms with Crippen LogP contribution in [0.5, 0.6) is 0 Å². The van der Waals surface area contributed by atoms with Gasteiger partial charge in [0.15, 0.2) is 0 Å². The molecule has 0 aliphatic carbocycles. The molecule has 0 spiro atoms. The summed E-state index contributed by atoms with van der Waals surface area (Å²) in [6, 6.07) is 1.71. The van der Waals surface area contributed by atoms with E-state index >= 15 is 0 Å². The van der Waals surface area contributed by atoms with Gasteiger partial charge in [-0.25, -0.2) is 9.31 Å². The molecule has 0 radical (unpaired) electrons. The summed E-state index contributed by atoms with van der Waals surface area (Å²) in [5.41, 5.74) is 0.191. The fraction of sp³-hybridized carbons (Fsp3) is 0. The summed E-state index contributed by atoms with van der Waals surface area (Å²) in [7, 11) is 0. The molecular weight excluding hydrogens is 216 g/mol. The maximum atomic E-state index is 9.29. The molecule has 3 aromatic rings. The topological polar surface area (TPSA) is 121 Å². The van der Waals surface area contributed by atoms with Crippen LogP contribution in [0.3, 0.4) is 0 Å². The summed E-state index contributed by atoms with van der Waals surface area (Å²) in [6.45, 7) is 0. The van der Waals surface area contributed by atoms with E-state index in [1.165, 1.54) is 4.68 Å². The highest BCUT2D eigenvalue weighted by Crippen LogP contribution is 2.18. The molecule has 0 aromatic carbocycles. The third-order valence-corrected chi connectivity index (χ3v) is 1.86. The lowest BCUT2D eigenvalue weighted by Gasteiger charge is -1.95. The number of hydrogen-bond donors (Lipinski definition) is 1. The predicted octanol–water partition coefficient (Wildman–Crippen LogP) is -0.854. The summed E-state index contributed by atoms with van der Waals surface area (Å²) in [4.78, 5) is 0.479. The summed E-state index contributed by atoms with van der Waals surface area (Å²) >= 11 is 0. The summed E-state index contributed by atoms with van der Waals surface area (Å²) < 4.78 is 5.98. The molecule has 3 aromatic heterocycles. The molecule has 0 atom stereocenters. The van der Waals surface area contributed by atoms with Crippen LogP contribution < -0.4 is 0 Å². The molecule has 0 amide bonds. The van der Waals surface area contributed by atoms with Crippen LogP contribution in [-0.2, 0) is 0 Å². The lowest BCUT2D eigenvalue weighted by Crippen LogP contribution is -2.02. The minimum absolute atomic E-state index is 0.0201. The molecule has 3 rings (SSSR count). The molecule has 0 bridgehead atoms. The molecule has 0 aliphatic heterocycles. The van der Waals surface area contributed by atoms with Gasteiger partial charge in [0, 0.05) is 12.4 Å². The Kier molecular flexibility index (Phi) is 1.66. The summed E-state index contributed by atoms with van der Waals surface area (Å²) in [5, 5.41) is 30.6. The number of hydrogen-bond acceptors (Lipinski definition) is 8. The van der Waals surface area contributed by atoms with Crippen LogP contribution in [0.4, 0.5) is 0 Å². The first-order valence-corrected chi connectivity index (χ1v) is 4.17. The van der Waals surface area contributed by atoms with Crippen molar-refractivity contribution in [3.05, 3.63) is 18.5 Å². The highest BCUT2D eigenvalue weighted by molar-refractivity contribution is 5.57. The van der Waals surface area contributed by atoms with Crippen LogP contribution in [0.1, 0.15) is 0 Å². The van der Waals surface area contributed by atoms with Crippen LogP contribution in [0, 0.1) is 0 Å². The normalized spacial score (nSPS) is 10.8. The van der Waals surface area contributed by atoms with Crippen molar-refractivity contribution >= 4 is 0 Å². The Labute approximate surface area is 87.0 Å². The van der Waals surface area contributed by atoms with E-state index in [-0.39, 0.29) is 17.3 Å². The van der Waals surface area contributed by atoms with Crippen molar-refractivity contribution in [1.82, 2.24) is 40.5 Å². The van der Waals surface area contributed by atoms with E-state index in [4.69, 9.17) is 0 Å². The van der Waals surface area contributed by atoms with Gasteiger partial charge >= 0.3 is 0 Å². The zero-order valence-corrected chi connectivity index (χ0v) is 7.67. The first-order chi connectivity index (χ1) is 7.86. The highest BCUT2D eigenvalue weighted by atomic mass is 16.6. The van der Waals surface area contributed by atoms with E-state index in [0.717, 1.165) is 0 Å². The molecule has 0 fully saturated rings.